The lowest BCUT2D eigenvalue weighted by atomic mass is 9.79. The lowest BCUT2D eigenvalue weighted by Crippen LogP contribution is -2.49. The van der Waals surface area contributed by atoms with Crippen LogP contribution in [0, 0.1) is 11.2 Å². The molecule has 0 bridgehead atoms. The number of rotatable bonds is 3. The molecule has 0 aliphatic carbocycles. The van der Waals surface area contributed by atoms with Gasteiger partial charge in [0.1, 0.15) is 11.2 Å². The van der Waals surface area contributed by atoms with E-state index >= 15 is 0 Å². The Bertz CT molecular complexity index is 501. The number of amides is 1. The molecule has 4 nitrogen and oxygen atoms in total. The first-order valence-electron chi connectivity index (χ1n) is 5.99. The number of nitrogens with two attached hydrogens (primary N) is 1. The second kappa shape index (κ2) is 5.63. The van der Waals surface area contributed by atoms with Crippen LogP contribution in [-0.4, -0.2) is 24.1 Å². The van der Waals surface area contributed by atoms with Crippen molar-refractivity contribution < 1.29 is 13.9 Å². The lowest BCUT2D eigenvalue weighted by molar-refractivity contribution is -0.126. The van der Waals surface area contributed by atoms with Gasteiger partial charge in [0, 0.05) is 18.9 Å². The molecule has 1 aliphatic rings. The van der Waals surface area contributed by atoms with Gasteiger partial charge in [0.05, 0.1) is 4.99 Å². The zero-order valence-corrected chi connectivity index (χ0v) is 11.1. The van der Waals surface area contributed by atoms with Gasteiger partial charge in [-0.05, 0) is 31.0 Å². The maximum atomic E-state index is 13.1. The first-order valence-corrected chi connectivity index (χ1v) is 6.40. The highest BCUT2D eigenvalue weighted by atomic mass is 32.1. The fraction of sp³-hybridized carbons (Fsp3) is 0.385. The van der Waals surface area contributed by atoms with E-state index in [4.69, 9.17) is 22.7 Å². The van der Waals surface area contributed by atoms with Crippen LogP contribution in [0.4, 0.5) is 10.1 Å². The molecular formula is C13H15FN2O2S. The number of hydrogen-bond acceptors (Lipinski definition) is 3. The number of carbonyl (C=O) groups is 1. The Morgan fingerprint density at radius 2 is 2.11 bits per heavy atom. The molecule has 1 heterocycles. The Balaban J connectivity index is 2.19. The number of carbonyl (C=O) groups excluding carboxylic acids is 1. The van der Waals surface area contributed by atoms with Crippen molar-refractivity contribution >= 4 is 28.8 Å². The van der Waals surface area contributed by atoms with Gasteiger partial charge in [-0.2, -0.15) is 0 Å². The molecule has 0 atom stereocenters. The molecule has 0 unspecified atom stereocenters. The third-order valence-corrected chi connectivity index (χ3v) is 3.73. The third kappa shape index (κ3) is 2.90. The highest BCUT2D eigenvalue weighted by molar-refractivity contribution is 7.80. The molecule has 0 spiro atoms. The number of hydrogen-bond donors (Lipinski definition) is 2. The second-order valence-electron chi connectivity index (χ2n) is 4.52. The average molecular weight is 282 g/mol. The number of benzene rings is 1. The number of anilines is 1. The van der Waals surface area contributed by atoms with Crippen LogP contribution in [0.25, 0.3) is 0 Å². The summed E-state index contributed by atoms with van der Waals surface area (Å²) in [7, 11) is 0. The minimum absolute atomic E-state index is 0.157. The minimum Gasteiger partial charge on any atom is -0.392 e. The third-order valence-electron chi connectivity index (χ3n) is 3.34. The van der Waals surface area contributed by atoms with Crippen molar-refractivity contribution in [3.63, 3.8) is 0 Å². The Labute approximate surface area is 116 Å². The second-order valence-corrected chi connectivity index (χ2v) is 4.96. The van der Waals surface area contributed by atoms with Gasteiger partial charge in [0.25, 0.3) is 0 Å². The largest absolute Gasteiger partial charge is 0.392 e. The van der Waals surface area contributed by atoms with Gasteiger partial charge in [0.15, 0.2) is 0 Å². The summed E-state index contributed by atoms with van der Waals surface area (Å²) in [5, 5.41) is 2.67. The summed E-state index contributed by atoms with van der Waals surface area (Å²) in [5.74, 6) is -0.706. The molecule has 0 radical (unpaired) electrons. The molecule has 1 amide bonds. The van der Waals surface area contributed by atoms with Crippen LogP contribution in [0.3, 0.4) is 0 Å². The van der Waals surface area contributed by atoms with E-state index in [1.54, 1.807) is 6.07 Å². The first-order chi connectivity index (χ1) is 9.04. The maximum absolute atomic E-state index is 13.1. The number of nitrogens with one attached hydrogen (secondary N) is 1. The van der Waals surface area contributed by atoms with E-state index < -0.39 is 11.2 Å². The van der Waals surface area contributed by atoms with E-state index in [-0.39, 0.29) is 10.9 Å². The monoisotopic (exact) mass is 282 g/mol. The Kier molecular flexibility index (Phi) is 4.11. The zero-order chi connectivity index (χ0) is 13.9. The molecule has 0 saturated carbocycles. The standard InChI is InChI=1S/C13H15FN2O2S/c14-9-2-1-3-10(8-9)16-12(17)13(11(15)19)4-6-18-7-5-13/h1-3,8H,4-7H2,(H2,15,19)(H,16,17). The van der Waals surface area contributed by atoms with E-state index in [0.717, 1.165) is 0 Å². The van der Waals surface area contributed by atoms with E-state index in [1.807, 2.05) is 0 Å². The van der Waals surface area contributed by atoms with Crippen molar-refractivity contribution in [2.24, 2.45) is 11.1 Å². The van der Waals surface area contributed by atoms with E-state index in [2.05, 4.69) is 5.32 Å². The summed E-state index contributed by atoms with van der Waals surface area (Å²) < 4.78 is 18.3. The van der Waals surface area contributed by atoms with Crippen LogP contribution >= 0.6 is 12.2 Å². The van der Waals surface area contributed by atoms with Gasteiger partial charge in [0.2, 0.25) is 5.91 Å². The number of ether oxygens (including phenoxy) is 1. The Morgan fingerprint density at radius 1 is 1.42 bits per heavy atom. The van der Waals surface area contributed by atoms with Crippen molar-refractivity contribution in [2.45, 2.75) is 12.8 Å². The summed E-state index contributed by atoms with van der Waals surface area (Å²) >= 11 is 5.03. The molecule has 3 N–H and O–H groups in total. The molecule has 102 valence electrons. The summed E-state index contributed by atoms with van der Waals surface area (Å²) in [6.45, 7) is 0.877. The minimum atomic E-state index is -0.903. The predicted octanol–water partition coefficient (Wildman–Crippen LogP) is 1.85. The van der Waals surface area contributed by atoms with Crippen molar-refractivity contribution in [3.8, 4) is 0 Å². The normalized spacial score (nSPS) is 17.7. The van der Waals surface area contributed by atoms with Gasteiger partial charge < -0.3 is 15.8 Å². The highest BCUT2D eigenvalue weighted by Crippen LogP contribution is 2.32. The highest BCUT2D eigenvalue weighted by Gasteiger charge is 2.43. The van der Waals surface area contributed by atoms with Crippen LogP contribution in [0.5, 0.6) is 0 Å². The predicted molar refractivity (Wildman–Crippen MR) is 74.3 cm³/mol. The van der Waals surface area contributed by atoms with E-state index in [9.17, 15) is 9.18 Å². The molecule has 1 aromatic rings. The molecule has 1 fully saturated rings. The first kappa shape index (κ1) is 13.9. The van der Waals surface area contributed by atoms with Crippen molar-refractivity contribution in [1.29, 1.82) is 0 Å². The van der Waals surface area contributed by atoms with Crippen LogP contribution in [-0.2, 0) is 9.53 Å². The van der Waals surface area contributed by atoms with Crippen molar-refractivity contribution in [2.75, 3.05) is 18.5 Å². The summed E-state index contributed by atoms with van der Waals surface area (Å²) in [4.78, 5) is 12.5. The molecule has 0 aromatic heterocycles. The SMILES string of the molecule is NC(=S)C1(C(=O)Nc2cccc(F)c2)CCOCC1. The van der Waals surface area contributed by atoms with E-state index in [1.165, 1.54) is 18.2 Å². The van der Waals surface area contributed by atoms with Crippen LogP contribution in [0.1, 0.15) is 12.8 Å². The summed E-state index contributed by atoms with van der Waals surface area (Å²) in [6.07, 6.45) is 0.896. The molecule has 1 aliphatic heterocycles. The van der Waals surface area contributed by atoms with Crippen molar-refractivity contribution in [3.05, 3.63) is 30.1 Å². The molecule has 1 aromatic carbocycles. The van der Waals surface area contributed by atoms with Crippen LogP contribution in [0.2, 0.25) is 0 Å². The van der Waals surface area contributed by atoms with E-state index in [0.29, 0.717) is 31.7 Å². The molecule has 6 heteroatoms. The molecule has 1 saturated heterocycles. The fourth-order valence-corrected chi connectivity index (χ4v) is 2.42. The fourth-order valence-electron chi connectivity index (χ4n) is 2.12. The Hall–Kier alpha value is -1.53. The quantitative estimate of drug-likeness (QED) is 0.830. The van der Waals surface area contributed by atoms with Crippen molar-refractivity contribution in [1.82, 2.24) is 0 Å². The molecule has 19 heavy (non-hydrogen) atoms. The smallest absolute Gasteiger partial charge is 0.237 e. The van der Waals surface area contributed by atoms with Gasteiger partial charge >= 0.3 is 0 Å². The zero-order valence-electron chi connectivity index (χ0n) is 10.3. The number of thiocarbonyl (C=S) groups is 1. The Morgan fingerprint density at radius 3 is 2.68 bits per heavy atom. The van der Waals surface area contributed by atoms with Gasteiger partial charge in [-0.25, -0.2) is 4.39 Å². The van der Waals surface area contributed by atoms with Crippen LogP contribution in [0.15, 0.2) is 24.3 Å². The molecular weight excluding hydrogens is 267 g/mol. The van der Waals surface area contributed by atoms with Gasteiger partial charge in [-0.3, -0.25) is 4.79 Å². The van der Waals surface area contributed by atoms with Gasteiger partial charge in [-0.15, -0.1) is 0 Å². The maximum Gasteiger partial charge on any atom is 0.237 e. The van der Waals surface area contributed by atoms with Crippen LogP contribution < -0.4 is 11.1 Å². The topological polar surface area (TPSA) is 64.4 Å². The summed E-state index contributed by atoms with van der Waals surface area (Å²) in [6, 6.07) is 5.72. The number of halogens is 1. The molecule has 2 rings (SSSR count). The summed E-state index contributed by atoms with van der Waals surface area (Å²) in [5.41, 5.74) is 5.22. The average Bonchev–Trinajstić information content (AvgIpc) is 2.39. The lowest BCUT2D eigenvalue weighted by Gasteiger charge is -2.34. The van der Waals surface area contributed by atoms with Gasteiger partial charge in [-0.1, -0.05) is 18.3 Å².